The Hall–Kier alpha value is -3.07. The number of aromatic nitrogens is 3. The normalized spacial score (nSPS) is 10.4. The Morgan fingerprint density at radius 3 is 2.58 bits per heavy atom. The minimum absolute atomic E-state index is 0.163. The van der Waals surface area contributed by atoms with Crippen molar-refractivity contribution in [2.75, 3.05) is 5.32 Å². The van der Waals surface area contributed by atoms with Crippen LogP contribution in [0, 0.1) is 10.1 Å². The average Bonchev–Trinajstić information content (AvgIpc) is 3.10. The first-order valence-electron chi connectivity index (χ1n) is 6.75. The molecule has 120 valence electrons. The Morgan fingerprint density at radius 2 is 1.96 bits per heavy atom. The van der Waals surface area contributed by atoms with Crippen LogP contribution in [-0.4, -0.2) is 25.6 Å². The van der Waals surface area contributed by atoms with Crippen LogP contribution in [0.15, 0.2) is 59.6 Å². The van der Waals surface area contributed by atoms with Crippen molar-refractivity contribution in [1.29, 1.82) is 0 Å². The lowest BCUT2D eigenvalue weighted by atomic mass is 10.2. The maximum Gasteiger partial charge on any atom is 0.284 e. The minimum Gasteiger partial charge on any atom is -0.322 e. The van der Waals surface area contributed by atoms with Crippen molar-refractivity contribution in [1.82, 2.24) is 14.8 Å². The molecular weight excluding hydrogens is 378 g/mol. The van der Waals surface area contributed by atoms with Crippen LogP contribution in [0.25, 0.3) is 5.69 Å². The van der Waals surface area contributed by atoms with Gasteiger partial charge in [0, 0.05) is 17.3 Å². The van der Waals surface area contributed by atoms with E-state index in [1.54, 1.807) is 35.3 Å². The molecule has 24 heavy (non-hydrogen) atoms. The van der Waals surface area contributed by atoms with Crippen LogP contribution >= 0.6 is 15.9 Å². The Balaban J connectivity index is 1.77. The van der Waals surface area contributed by atoms with E-state index in [2.05, 4.69) is 31.3 Å². The molecule has 0 saturated carbocycles. The number of nitrogens with one attached hydrogen (secondary N) is 1. The molecule has 1 heterocycles. The maximum atomic E-state index is 12.2. The van der Waals surface area contributed by atoms with E-state index in [0.717, 1.165) is 5.69 Å². The Labute approximate surface area is 144 Å². The van der Waals surface area contributed by atoms with Gasteiger partial charge < -0.3 is 5.32 Å². The summed E-state index contributed by atoms with van der Waals surface area (Å²) in [6, 6.07) is 11.2. The van der Waals surface area contributed by atoms with Crippen molar-refractivity contribution in [3.8, 4) is 5.69 Å². The van der Waals surface area contributed by atoms with Gasteiger partial charge in [-0.1, -0.05) is 0 Å². The monoisotopic (exact) mass is 387 g/mol. The highest BCUT2D eigenvalue weighted by Crippen LogP contribution is 2.26. The van der Waals surface area contributed by atoms with Crippen LogP contribution in [-0.2, 0) is 0 Å². The number of benzene rings is 2. The molecule has 2 aromatic carbocycles. The summed E-state index contributed by atoms with van der Waals surface area (Å²) >= 11 is 3.09. The summed E-state index contributed by atoms with van der Waals surface area (Å²) in [5.41, 5.74) is 1.40. The second-order valence-electron chi connectivity index (χ2n) is 4.76. The summed E-state index contributed by atoms with van der Waals surface area (Å²) in [6.07, 6.45) is 2.99. The molecule has 0 aliphatic heterocycles. The first-order valence-corrected chi connectivity index (χ1v) is 7.54. The number of halogens is 1. The number of nitro benzene ring substituents is 1. The highest BCUT2D eigenvalue weighted by atomic mass is 79.9. The van der Waals surface area contributed by atoms with E-state index in [0.29, 0.717) is 10.2 Å². The van der Waals surface area contributed by atoms with Gasteiger partial charge in [0.05, 0.1) is 15.1 Å². The van der Waals surface area contributed by atoms with Gasteiger partial charge in [0.25, 0.3) is 11.6 Å². The summed E-state index contributed by atoms with van der Waals surface area (Å²) < 4.78 is 1.91. The molecule has 0 aliphatic rings. The van der Waals surface area contributed by atoms with Gasteiger partial charge in [-0.3, -0.25) is 14.9 Å². The van der Waals surface area contributed by atoms with Crippen LogP contribution in [0.2, 0.25) is 0 Å². The molecule has 0 fully saturated rings. The van der Waals surface area contributed by atoms with Gasteiger partial charge in [-0.25, -0.2) is 9.67 Å². The van der Waals surface area contributed by atoms with Crippen LogP contribution in [0.3, 0.4) is 0 Å². The standard InChI is InChI=1S/C15H10BrN5O3/c16-13-6-1-10(7-14(13)21(23)24)15(22)19-11-2-4-12(5-3-11)20-9-17-8-18-20/h1-9H,(H,19,22). The first-order chi connectivity index (χ1) is 11.5. The van der Waals surface area contributed by atoms with Gasteiger partial charge in [0.1, 0.15) is 12.7 Å². The van der Waals surface area contributed by atoms with Gasteiger partial charge in [-0.05, 0) is 52.3 Å². The predicted octanol–water partition coefficient (Wildman–Crippen LogP) is 3.19. The number of nitrogens with zero attached hydrogens (tertiary/aromatic N) is 4. The third-order valence-corrected chi connectivity index (χ3v) is 3.88. The van der Waals surface area contributed by atoms with Crippen LogP contribution in [0.1, 0.15) is 10.4 Å². The molecule has 0 saturated heterocycles. The second-order valence-corrected chi connectivity index (χ2v) is 5.62. The zero-order chi connectivity index (χ0) is 17.1. The van der Waals surface area contributed by atoms with E-state index in [9.17, 15) is 14.9 Å². The molecule has 0 aliphatic carbocycles. The zero-order valence-corrected chi connectivity index (χ0v) is 13.7. The molecule has 0 atom stereocenters. The summed E-state index contributed by atoms with van der Waals surface area (Å²) in [4.78, 5) is 26.5. The summed E-state index contributed by atoms with van der Waals surface area (Å²) in [6.45, 7) is 0. The molecule has 0 unspecified atom stereocenters. The lowest BCUT2D eigenvalue weighted by Crippen LogP contribution is -2.12. The lowest BCUT2D eigenvalue weighted by Gasteiger charge is -2.07. The minimum atomic E-state index is -0.548. The van der Waals surface area contributed by atoms with Crippen LogP contribution in [0.4, 0.5) is 11.4 Å². The van der Waals surface area contributed by atoms with Gasteiger partial charge in [0.15, 0.2) is 0 Å². The van der Waals surface area contributed by atoms with Gasteiger partial charge in [-0.15, -0.1) is 0 Å². The molecule has 1 aromatic heterocycles. The fraction of sp³-hybridized carbons (Fsp3) is 0. The van der Waals surface area contributed by atoms with Crippen molar-refractivity contribution in [3.05, 3.63) is 75.3 Å². The SMILES string of the molecule is O=C(Nc1ccc(-n2cncn2)cc1)c1ccc(Br)c([N+](=O)[O-])c1. The molecule has 0 spiro atoms. The number of carbonyl (C=O) groups excluding carboxylic acids is 1. The highest BCUT2D eigenvalue weighted by molar-refractivity contribution is 9.10. The van der Waals surface area contributed by atoms with Gasteiger partial charge in [0.2, 0.25) is 0 Å². The average molecular weight is 388 g/mol. The van der Waals surface area contributed by atoms with Crippen molar-refractivity contribution in [2.45, 2.75) is 0 Å². The first kappa shape index (κ1) is 15.8. The van der Waals surface area contributed by atoms with Crippen LogP contribution in [0.5, 0.6) is 0 Å². The fourth-order valence-electron chi connectivity index (χ4n) is 2.04. The Morgan fingerprint density at radius 1 is 1.21 bits per heavy atom. The van der Waals surface area contributed by atoms with Gasteiger partial charge in [-0.2, -0.15) is 5.10 Å². The third-order valence-electron chi connectivity index (χ3n) is 3.21. The summed E-state index contributed by atoms with van der Waals surface area (Å²) in [7, 11) is 0. The van der Waals surface area contributed by atoms with Gasteiger partial charge >= 0.3 is 0 Å². The van der Waals surface area contributed by atoms with E-state index < -0.39 is 10.8 Å². The van der Waals surface area contributed by atoms with E-state index in [-0.39, 0.29) is 11.3 Å². The Kier molecular flexibility index (Phi) is 4.34. The molecule has 0 bridgehead atoms. The van der Waals surface area contributed by atoms with E-state index >= 15 is 0 Å². The van der Waals surface area contributed by atoms with Crippen LogP contribution < -0.4 is 5.32 Å². The molecule has 1 amide bonds. The zero-order valence-electron chi connectivity index (χ0n) is 12.1. The third kappa shape index (κ3) is 3.30. The van der Waals surface area contributed by atoms with Crippen molar-refractivity contribution in [2.24, 2.45) is 0 Å². The number of rotatable bonds is 4. The smallest absolute Gasteiger partial charge is 0.284 e. The number of anilines is 1. The molecule has 0 radical (unpaired) electrons. The maximum absolute atomic E-state index is 12.2. The molecule has 1 N–H and O–H groups in total. The number of amides is 1. The molecule has 3 aromatic rings. The quantitative estimate of drug-likeness (QED) is 0.546. The molecule has 9 heteroatoms. The van der Waals surface area contributed by atoms with Crippen molar-refractivity contribution in [3.63, 3.8) is 0 Å². The van der Waals surface area contributed by atoms with Crippen molar-refractivity contribution < 1.29 is 9.72 Å². The number of hydrogen-bond acceptors (Lipinski definition) is 5. The highest BCUT2D eigenvalue weighted by Gasteiger charge is 2.16. The van der Waals surface area contributed by atoms with E-state index in [4.69, 9.17) is 0 Å². The number of carbonyl (C=O) groups is 1. The largest absolute Gasteiger partial charge is 0.322 e. The predicted molar refractivity (Wildman–Crippen MR) is 90.1 cm³/mol. The van der Waals surface area contributed by atoms with E-state index in [1.807, 2.05) is 0 Å². The molecule has 3 rings (SSSR count). The number of nitro groups is 1. The number of hydrogen-bond donors (Lipinski definition) is 1. The molecular formula is C15H10BrN5O3. The van der Waals surface area contributed by atoms with E-state index in [1.165, 1.54) is 24.5 Å². The molecule has 8 nitrogen and oxygen atoms in total. The lowest BCUT2D eigenvalue weighted by molar-refractivity contribution is -0.385. The summed E-state index contributed by atoms with van der Waals surface area (Å²) in [5.74, 6) is -0.431. The Bertz CT molecular complexity index is 894. The second kappa shape index (κ2) is 6.59. The summed E-state index contributed by atoms with van der Waals surface area (Å²) in [5, 5.41) is 17.6. The van der Waals surface area contributed by atoms with Crippen molar-refractivity contribution >= 4 is 33.2 Å². The fourth-order valence-corrected chi connectivity index (χ4v) is 2.43. The topological polar surface area (TPSA) is 103 Å².